The minimum atomic E-state index is -0.980. The third-order valence-corrected chi connectivity index (χ3v) is 3.22. The lowest BCUT2D eigenvalue weighted by atomic mass is 10.1. The van der Waals surface area contributed by atoms with Crippen LogP contribution in [0.2, 0.25) is 0 Å². The van der Waals surface area contributed by atoms with Crippen molar-refractivity contribution >= 4 is 5.97 Å². The Morgan fingerprint density at radius 2 is 1.68 bits per heavy atom. The van der Waals surface area contributed by atoms with Crippen LogP contribution in [0, 0.1) is 5.82 Å². The Labute approximate surface area is 128 Å². The fourth-order valence-corrected chi connectivity index (χ4v) is 1.95. The molecule has 0 radical (unpaired) electrons. The van der Waals surface area contributed by atoms with E-state index in [9.17, 15) is 9.18 Å². The van der Waals surface area contributed by atoms with E-state index in [-0.39, 0.29) is 5.82 Å². The summed E-state index contributed by atoms with van der Waals surface area (Å²) in [7, 11) is 1.38. The van der Waals surface area contributed by atoms with E-state index in [0.717, 1.165) is 11.1 Å². The van der Waals surface area contributed by atoms with Crippen LogP contribution in [0.3, 0.4) is 0 Å². The molecule has 0 unspecified atom stereocenters. The van der Waals surface area contributed by atoms with Gasteiger partial charge in [0.15, 0.2) is 6.10 Å². The molecule has 1 N–H and O–H groups in total. The molecule has 4 nitrogen and oxygen atoms in total. The van der Waals surface area contributed by atoms with Gasteiger partial charge in [-0.15, -0.1) is 0 Å². The minimum absolute atomic E-state index is 0.303. The van der Waals surface area contributed by atoms with Crippen molar-refractivity contribution in [3.8, 4) is 5.75 Å². The first-order valence-electron chi connectivity index (χ1n) is 6.80. The van der Waals surface area contributed by atoms with E-state index in [2.05, 4.69) is 0 Å². The predicted molar refractivity (Wildman–Crippen MR) is 79.3 cm³/mol. The summed E-state index contributed by atoms with van der Waals surface area (Å²) >= 11 is 0. The molecule has 0 spiro atoms. The van der Waals surface area contributed by atoms with Crippen LogP contribution in [0.5, 0.6) is 5.75 Å². The van der Waals surface area contributed by atoms with Crippen LogP contribution in [-0.2, 0) is 22.6 Å². The largest absolute Gasteiger partial charge is 0.489 e. The molecule has 2 aromatic rings. The maximum atomic E-state index is 12.8. The first-order chi connectivity index (χ1) is 10.6. The van der Waals surface area contributed by atoms with Crippen molar-refractivity contribution < 1.29 is 23.8 Å². The zero-order valence-corrected chi connectivity index (χ0v) is 12.2. The molecule has 0 saturated heterocycles. The number of carbonyl (C=O) groups is 1. The third kappa shape index (κ3) is 4.56. The Kier molecular flexibility index (Phi) is 5.49. The molecule has 0 aromatic heterocycles. The monoisotopic (exact) mass is 304 g/mol. The van der Waals surface area contributed by atoms with Crippen molar-refractivity contribution in [1.29, 1.82) is 0 Å². The Morgan fingerprint density at radius 3 is 2.23 bits per heavy atom. The Hall–Kier alpha value is -2.40. The predicted octanol–water partition coefficient (Wildman–Crippen LogP) is 3.05. The number of hydrogen-bond donors (Lipinski definition) is 1. The fraction of sp³-hybridized carbons (Fsp3) is 0.235. The molecule has 22 heavy (non-hydrogen) atoms. The molecule has 0 aliphatic heterocycles. The summed E-state index contributed by atoms with van der Waals surface area (Å²) in [6.45, 7) is 0.360. The van der Waals surface area contributed by atoms with Gasteiger partial charge >= 0.3 is 5.97 Å². The number of methoxy groups -OCH3 is 1. The summed E-state index contributed by atoms with van der Waals surface area (Å²) in [6.07, 6.45) is -0.536. The highest BCUT2D eigenvalue weighted by molar-refractivity contribution is 5.72. The van der Waals surface area contributed by atoms with Gasteiger partial charge in [0.05, 0.1) is 0 Å². The first-order valence-corrected chi connectivity index (χ1v) is 6.80. The van der Waals surface area contributed by atoms with Crippen LogP contribution in [0.25, 0.3) is 0 Å². The first kappa shape index (κ1) is 16.0. The number of hydrogen-bond acceptors (Lipinski definition) is 3. The molecule has 0 aliphatic carbocycles. The van der Waals surface area contributed by atoms with E-state index >= 15 is 0 Å². The third-order valence-electron chi connectivity index (χ3n) is 3.22. The van der Waals surface area contributed by atoms with Crippen molar-refractivity contribution in [3.05, 3.63) is 65.5 Å². The maximum absolute atomic E-state index is 12.8. The minimum Gasteiger partial charge on any atom is -0.489 e. The lowest BCUT2D eigenvalue weighted by Crippen LogP contribution is -2.24. The van der Waals surface area contributed by atoms with Crippen molar-refractivity contribution in [2.75, 3.05) is 7.11 Å². The number of benzene rings is 2. The van der Waals surface area contributed by atoms with Crippen molar-refractivity contribution in [3.63, 3.8) is 0 Å². The summed E-state index contributed by atoms with van der Waals surface area (Å²) in [6, 6.07) is 13.3. The topological polar surface area (TPSA) is 55.8 Å². The molecule has 1 atom stereocenters. The van der Waals surface area contributed by atoms with E-state index < -0.39 is 12.1 Å². The molecular weight excluding hydrogens is 287 g/mol. The number of aliphatic carboxylic acids is 1. The standard InChI is InChI=1S/C17H17FO4/c1-21-16(17(19)20)10-12-2-4-13(5-3-12)11-22-15-8-6-14(18)7-9-15/h2-9,16H,10-11H2,1H3,(H,19,20)/t16-/m0/s1. The molecule has 0 heterocycles. The Bertz CT molecular complexity index is 608. The average Bonchev–Trinajstić information content (AvgIpc) is 2.53. The number of halogens is 1. The molecule has 116 valence electrons. The second-order valence-electron chi connectivity index (χ2n) is 4.83. The van der Waals surface area contributed by atoms with Gasteiger partial charge in [0, 0.05) is 13.5 Å². The van der Waals surface area contributed by atoms with Crippen LogP contribution in [0.1, 0.15) is 11.1 Å². The summed E-state index contributed by atoms with van der Waals surface area (Å²) in [5.74, 6) is -0.690. The molecule has 2 aromatic carbocycles. The number of carboxylic acids is 1. The molecular formula is C17H17FO4. The van der Waals surface area contributed by atoms with E-state index in [1.807, 2.05) is 24.3 Å². The second kappa shape index (κ2) is 7.56. The number of ether oxygens (including phenoxy) is 2. The van der Waals surface area contributed by atoms with Crippen molar-refractivity contribution in [2.45, 2.75) is 19.1 Å². The van der Waals surface area contributed by atoms with E-state index in [1.165, 1.54) is 19.2 Å². The van der Waals surface area contributed by atoms with Gasteiger partial charge in [0.1, 0.15) is 18.2 Å². The Balaban J connectivity index is 1.91. The van der Waals surface area contributed by atoms with Crippen molar-refractivity contribution in [2.24, 2.45) is 0 Å². The molecule has 0 amide bonds. The van der Waals surface area contributed by atoms with Gasteiger partial charge in [-0.3, -0.25) is 0 Å². The molecule has 0 fully saturated rings. The second-order valence-corrected chi connectivity index (χ2v) is 4.83. The van der Waals surface area contributed by atoms with Gasteiger partial charge in [-0.1, -0.05) is 24.3 Å². The van der Waals surface area contributed by atoms with Crippen LogP contribution in [-0.4, -0.2) is 24.3 Å². The number of carboxylic acid groups (broad SMARTS) is 1. The molecule has 2 rings (SSSR count). The molecule has 0 bridgehead atoms. The average molecular weight is 304 g/mol. The SMILES string of the molecule is CO[C@@H](Cc1ccc(COc2ccc(F)cc2)cc1)C(=O)O. The van der Waals surface area contributed by atoms with Gasteiger partial charge in [-0.25, -0.2) is 9.18 Å². The van der Waals surface area contributed by atoms with Crippen LogP contribution in [0.4, 0.5) is 4.39 Å². The lowest BCUT2D eigenvalue weighted by molar-refractivity contribution is -0.148. The van der Waals surface area contributed by atoms with E-state index in [1.54, 1.807) is 12.1 Å². The van der Waals surface area contributed by atoms with E-state index in [0.29, 0.717) is 18.8 Å². The van der Waals surface area contributed by atoms with Crippen LogP contribution >= 0.6 is 0 Å². The highest BCUT2D eigenvalue weighted by Gasteiger charge is 2.16. The normalized spacial score (nSPS) is 11.9. The van der Waals surface area contributed by atoms with E-state index in [4.69, 9.17) is 14.6 Å². The maximum Gasteiger partial charge on any atom is 0.333 e. The molecule has 5 heteroatoms. The van der Waals surface area contributed by atoms with Gasteiger partial charge in [0.25, 0.3) is 0 Å². The van der Waals surface area contributed by atoms with Gasteiger partial charge in [0.2, 0.25) is 0 Å². The van der Waals surface area contributed by atoms with Crippen molar-refractivity contribution in [1.82, 2.24) is 0 Å². The quantitative estimate of drug-likeness (QED) is 0.854. The summed E-state index contributed by atoms with van der Waals surface area (Å²) < 4.78 is 23.2. The van der Waals surface area contributed by atoms with Gasteiger partial charge in [-0.05, 0) is 35.4 Å². The smallest absolute Gasteiger partial charge is 0.333 e. The molecule has 0 aliphatic rings. The highest BCUT2D eigenvalue weighted by Crippen LogP contribution is 2.14. The van der Waals surface area contributed by atoms with Crippen LogP contribution in [0.15, 0.2) is 48.5 Å². The van der Waals surface area contributed by atoms with Gasteiger partial charge < -0.3 is 14.6 Å². The number of rotatable bonds is 7. The van der Waals surface area contributed by atoms with Crippen LogP contribution < -0.4 is 4.74 Å². The highest BCUT2D eigenvalue weighted by atomic mass is 19.1. The lowest BCUT2D eigenvalue weighted by Gasteiger charge is -2.11. The Morgan fingerprint density at radius 1 is 1.09 bits per heavy atom. The molecule has 0 saturated carbocycles. The summed E-state index contributed by atoms with van der Waals surface area (Å²) in [5.41, 5.74) is 1.82. The summed E-state index contributed by atoms with van der Waals surface area (Å²) in [5, 5.41) is 8.95. The zero-order chi connectivity index (χ0) is 15.9. The summed E-state index contributed by atoms with van der Waals surface area (Å²) in [4.78, 5) is 10.9. The van der Waals surface area contributed by atoms with Gasteiger partial charge in [-0.2, -0.15) is 0 Å². The fourth-order valence-electron chi connectivity index (χ4n) is 1.95. The zero-order valence-electron chi connectivity index (χ0n) is 12.2.